The summed E-state index contributed by atoms with van der Waals surface area (Å²) in [5.74, 6) is -1.81. The lowest BCUT2D eigenvalue weighted by Gasteiger charge is -2.26. The van der Waals surface area contributed by atoms with Crippen molar-refractivity contribution >= 4 is 28.8 Å². The number of benzene rings is 3. The maximum absolute atomic E-state index is 15.1. The van der Waals surface area contributed by atoms with E-state index in [-0.39, 0.29) is 23.0 Å². The van der Waals surface area contributed by atoms with Crippen LogP contribution < -0.4 is 14.5 Å². The lowest BCUT2D eigenvalue weighted by atomic mass is 9.94. The van der Waals surface area contributed by atoms with Gasteiger partial charge in [0.25, 0.3) is 11.7 Å². The Hall–Kier alpha value is -4.13. The first-order chi connectivity index (χ1) is 17.9. The molecule has 1 N–H and O–H groups in total. The van der Waals surface area contributed by atoms with Crippen LogP contribution in [0.4, 0.5) is 15.8 Å². The van der Waals surface area contributed by atoms with Gasteiger partial charge in [0.1, 0.15) is 23.4 Å². The van der Waals surface area contributed by atoms with Crippen molar-refractivity contribution in [1.29, 1.82) is 0 Å². The second-order valence-electron chi connectivity index (χ2n) is 9.86. The zero-order chi connectivity index (χ0) is 25.7. The largest absolute Gasteiger partial charge is 0.507 e. The normalized spacial score (nSPS) is 22.4. The van der Waals surface area contributed by atoms with Gasteiger partial charge in [-0.2, -0.15) is 0 Å². The summed E-state index contributed by atoms with van der Waals surface area (Å²) in [6.07, 6.45) is 2.96. The van der Waals surface area contributed by atoms with Crippen molar-refractivity contribution in [2.24, 2.45) is 0 Å². The third-order valence-corrected chi connectivity index (χ3v) is 7.41. The van der Waals surface area contributed by atoms with Crippen LogP contribution in [-0.2, 0) is 16.0 Å². The molecule has 0 radical (unpaired) electrons. The molecular weight excluding hydrogens is 471 g/mol. The molecule has 0 spiro atoms. The molecule has 2 unspecified atom stereocenters. The Kier molecular flexibility index (Phi) is 5.71. The molecule has 7 heteroatoms. The molecule has 0 aromatic heterocycles. The van der Waals surface area contributed by atoms with E-state index in [1.807, 2.05) is 19.1 Å². The van der Waals surface area contributed by atoms with Gasteiger partial charge in [0.05, 0.1) is 11.6 Å². The van der Waals surface area contributed by atoms with Gasteiger partial charge in [0.2, 0.25) is 0 Å². The fraction of sp³-hybridized carbons (Fsp3) is 0.267. The van der Waals surface area contributed by atoms with Gasteiger partial charge < -0.3 is 14.7 Å². The zero-order valence-corrected chi connectivity index (χ0v) is 20.5. The van der Waals surface area contributed by atoms with E-state index in [4.69, 9.17) is 4.74 Å². The SMILES string of the molecule is CC1Cc2cc(/C(O)=C3\C(=O)C(=O)N(c4ccc(N5CCCC5)cc4)C3c3ccccc3F)ccc2O1. The number of amides is 1. The van der Waals surface area contributed by atoms with Crippen molar-refractivity contribution < 1.29 is 23.8 Å². The predicted molar refractivity (Wildman–Crippen MR) is 139 cm³/mol. The summed E-state index contributed by atoms with van der Waals surface area (Å²) in [4.78, 5) is 30.4. The molecule has 3 aliphatic heterocycles. The predicted octanol–water partition coefficient (Wildman–Crippen LogP) is 5.38. The van der Waals surface area contributed by atoms with Crippen molar-refractivity contribution in [3.63, 3.8) is 0 Å². The standard InChI is InChI=1S/C30H27FN2O4/c1-18-16-20-17-19(8-13-25(20)37-18)28(34)26-27(23-6-2-3-7-24(23)31)33(30(36)29(26)35)22-11-9-21(10-12-22)32-14-4-5-15-32/h2-3,6-13,17-18,27,34H,4-5,14-16H2,1H3/b28-26+. The molecule has 0 aliphatic carbocycles. The van der Waals surface area contributed by atoms with Crippen LogP contribution in [0.15, 0.2) is 72.3 Å². The van der Waals surface area contributed by atoms with Gasteiger partial charge in [-0.15, -0.1) is 0 Å². The molecular formula is C30H27FN2O4. The molecule has 3 aromatic rings. The van der Waals surface area contributed by atoms with Crippen LogP contribution in [0.25, 0.3) is 5.76 Å². The first-order valence-corrected chi connectivity index (χ1v) is 12.6. The number of carbonyl (C=O) groups is 2. The second kappa shape index (κ2) is 9.07. The topological polar surface area (TPSA) is 70.1 Å². The average molecular weight is 499 g/mol. The molecule has 0 bridgehead atoms. The van der Waals surface area contributed by atoms with Crippen molar-refractivity contribution in [2.75, 3.05) is 22.9 Å². The van der Waals surface area contributed by atoms with Crippen LogP contribution in [0.2, 0.25) is 0 Å². The summed E-state index contributed by atoms with van der Waals surface area (Å²) in [5.41, 5.74) is 2.81. The van der Waals surface area contributed by atoms with E-state index >= 15 is 4.39 Å². The lowest BCUT2D eigenvalue weighted by Crippen LogP contribution is -2.30. The quantitative estimate of drug-likeness (QED) is 0.297. The molecule has 3 heterocycles. The van der Waals surface area contributed by atoms with Crippen molar-refractivity contribution in [2.45, 2.75) is 38.3 Å². The van der Waals surface area contributed by atoms with E-state index in [0.29, 0.717) is 17.7 Å². The van der Waals surface area contributed by atoms with Gasteiger partial charge in [-0.3, -0.25) is 14.5 Å². The van der Waals surface area contributed by atoms with Crippen LogP contribution in [-0.4, -0.2) is 36.0 Å². The Labute approximate surface area is 214 Å². The highest BCUT2D eigenvalue weighted by Crippen LogP contribution is 2.44. The Morgan fingerprint density at radius 1 is 0.973 bits per heavy atom. The lowest BCUT2D eigenvalue weighted by molar-refractivity contribution is -0.132. The van der Waals surface area contributed by atoms with Crippen molar-refractivity contribution in [3.8, 4) is 5.75 Å². The number of halogens is 1. The molecule has 6 nitrogen and oxygen atoms in total. The van der Waals surface area contributed by atoms with Crippen molar-refractivity contribution in [1.82, 2.24) is 0 Å². The number of Topliss-reactive ketones (excluding diaryl/α,β-unsaturated/α-hetero) is 1. The monoisotopic (exact) mass is 498 g/mol. The Bertz CT molecular complexity index is 1430. The molecule has 1 amide bonds. The van der Waals surface area contributed by atoms with Gasteiger partial charge in [-0.1, -0.05) is 18.2 Å². The fourth-order valence-corrected chi connectivity index (χ4v) is 5.61. The highest BCUT2D eigenvalue weighted by atomic mass is 19.1. The van der Waals surface area contributed by atoms with Crippen LogP contribution in [0.1, 0.15) is 42.5 Å². The van der Waals surface area contributed by atoms with Gasteiger partial charge in [0, 0.05) is 42.0 Å². The van der Waals surface area contributed by atoms with E-state index in [1.165, 1.54) is 11.0 Å². The number of hydrogen-bond acceptors (Lipinski definition) is 5. The zero-order valence-electron chi connectivity index (χ0n) is 20.5. The van der Waals surface area contributed by atoms with Crippen LogP contribution in [0.3, 0.4) is 0 Å². The Balaban J connectivity index is 1.47. The maximum Gasteiger partial charge on any atom is 0.300 e. The number of ketones is 1. The first-order valence-electron chi connectivity index (χ1n) is 12.6. The van der Waals surface area contributed by atoms with E-state index in [9.17, 15) is 14.7 Å². The minimum Gasteiger partial charge on any atom is -0.507 e. The number of fused-ring (bicyclic) bond motifs is 1. The van der Waals surface area contributed by atoms with Crippen LogP contribution in [0.5, 0.6) is 5.75 Å². The maximum atomic E-state index is 15.1. The minimum absolute atomic E-state index is 0.0138. The third kappa shape index (κ3) is 3.95. The molecule has 37 heavy (non-hydrogen) atoms. The van der Waals surface area contributed by atoms with Crippen molar-refractivity contribution in [3.05, 3.63) is 94.8 Å². The first kappa shape index (κ1) is 23.3. The number of anilines is 2. The molecule has 3 aromatic carbocycles. The highest BCUT2D eigenvalue weighted by Gasteiger charge is 2.48. The number of ether oxygens (including phenoxy) is 1. The van der Waals surface area contributed by atoms with E-state index < -0.39 is 23.5 Å². The van der Waals surface area contributed by atoms with Crippen LogP contribution >= 0.6 is 0 Å². The van der Waals surface area contributed by atoms with Gasteiger partial charge in [-0.25, -0.2) is 4.39 Å². The molecule has 2 saturated heterocycles. The number of aliphatic hydroxyl groups excluding tert-OH is 1. The minimum atomic E-state index is -1.11. The number of aliphatic hydroxyl groups is 1. The molecule has 2 fully saturated rings. The van der Waals surface area contributed by atoms with Gasteiger partial charge in [-0.05, 0) is 73.9 Å². The van der Waals surface area contributed by atoms with E-state index in [2.05, 4.69) is 4.90 Å². The number of carbonyl (C=O) groups excluding carboxylic acids is 2. The molecule has 2 atom stereocenters. The number of rotatable bonds is 4. The average Bonchev–Trinajstić information content (AvgIpc) is 3.62. The summed E-state index contributed by atoms with van der Waals surface area (Å²) in [5, 5.41) is 11.4. The smallest absolute Gasteiger partial charge is 0.300 e. The van der Waals surface area contributed by atoms with Gasteiger partial charge >= 0.3 is 0 Å². The number of nitrogens with zero attached hydrogens (tertiary/aromatic N) is 2. The second-order valence-corrected chi connectivity index (χ2v) is 9.86. The summed E-state index contributed by atoms with van der Waals surface area (Å²) in [6.45, 7) is 3.91. The fourth-order valence-electron chi connectivity index (χ4n) is 5.61. The van der Waals surface area contributed by atoms with E-state index in [1.54, 1.807) is 48.5 Å². The third-order valence-electron chi connectivity index (χ3n) is 7.41. The molecule has 3 aliphatic rings. The summed E-state index contributed by atoms with van der Waals surface area (Å²) in [7, 11) is 0. The Morgan fingerprint density at radius 3 is 2.41 bits per heavy atom. The summed E-state index contributed by atoms with van der Waals surface area (Å²) < 4.78 is 20.9. The summed E-state index contributed by atoms with van der Waals surface area (Å²) >= 11 is 0. The number of hydrogen-bond donors (Lipinski definition) is 1. The molecule has 0 saturated carbocycles. The van der Waals surface area contributed by atoms with Gasteiger partial charge in [0.15, 0.2) is 0 Å². The van der Waals surface area contributed by atoms with Crippen LogP contribution in [0, 0.1) is 5.82 Å². The Morgan fingerprint density at radius 2 is 1.68 bits per heavy atom. The molecule has 188 valence electrons. The molecule has 6 rings (SSSR count). The summed E-state index contributed by atoms with van der Waals surface area (Å²) in [6, 6.07) is 17.5. The highest BCUT2D eigenvalue weighted by molar-refractivity contribution is 6.51. The van der Waals surface area contributed by atoms with E-state index in [0.717, 1.165) is 42.9 Å².